The minimum atomic E-state index is -0.907. The van der Waals surface area contributed by atoms with Gasteiger partial charge in [0.05, 0.1) is 0 Å². The Hall–Kier alpha value is -3.60. The van der Waals surface area contributed by atoms with Gasteiger partial charge in [0.25, 0.3) is 0 Å². The highest BCUT2D eigenvalue weighted by molar-refractivity contribution is 6.01. The Labute approximate surface area is 265 Å². The molecule has 0 heterocycles. The van der Waals surface area contributed by atoms with Crippen LogP contribution in [0.3, 0.4) is 0 Å². The van der Waals surface area contributed by atoms with E-state index in [9.17, 15) is 19.8 Å². The standard InChI is InChI=1S/C40H52O4/c1-27(17-13-19-29(3)21-23-33-31(5)37(43)35(41)25-39(33,7)8)15-11-12-16-28(2)18-14-20-30(4)22-24-34-32(6)38(44)36(42)26-40(34,9)10/h11-24,35-36,41-42H,25-26H2,1-10H3/b12-11+,17-13?,18-14?,23-21+,24-22+,27-15+,28-16?,29-19?,30-20+. The summed E-state index contributed by atoms with van der Waals surface area (Å²) >= 11 is 0. The summed E-state index contributed by atoms with van der Waals surface area (Å²) in [6.07, 6.45) is 27.5. The van der Waals surface area contributed by atoms with E-state index >= 15 is 0 Å². The summed E-state index contributed by atoms with van der Waals surface area (Å²) < 4.78 is 0. The average Bonchev–Trinajstić information content (AvgIpc) is 2.92. The van der Waals surface area contributed by atoms with Crippen molar-refractivity contribution < 1.29 is 19.8 Å². The molecule has 236 valence electrons. The first-order valence-corrected chi connectivity index (χ1v) is 15.4. The van der Waals surface area contributed by atoms with Gasteiger partial charge in [0, 0.05) is 0 Å². The Kier molecular flexibility index (Phi) is 13.2. The molecule has 2 rings (SSSR count). The summed E-state index contributed by atoms with van der Waals surface area (Å²) in [5.74, 6) is -0.350. The topological polar surface area (TPSA) is 74.6 Å². The number of allylic oxidation sites excluding steroid dienone is 20. The fraction of sp³-hybridized carbons (Fsp3) is 0.400. The molecule has 2 atom stereocenters. The number of Topliss-reactive ketones (excluding diaryl/α,β-unsaturated/α-hetero) is 2. The van der Waals surface area contributed by atoms with Gasteiger partial charge in [-0.2, -0.15) is 0 Å². The normalized spacial score (nSPS) is 24.5. The lowest BCUT2D eigenvalue weighted by molar-refractivity contribution is -0.126. The fourth-order valence-electron chi connectivity index (χ4n) is 5.62. The Morgan fingerprint density at radius 2 is 0.864 bits per heavy atom. The first-order chi connectivity index (χ1) is 20.5. The monoisotopic (exact) mass is 596 g/mol. The molecule has 2 N–H and O–H groups in total. The smallest absolute Gasteiger partial charge is 0.187 e. The maximum absolute atomic E-state index is 12.2. The number of ketones is 2. The fourth-order valence-corrected chi connectivity index (χ4v) is 5.62. The minimum absolute atomic E-state index is 0.175. The zero-order valence-electron chi connectivity index (χ0n) is 28.4. The first kappa shape index (κ1) is 36.6. The van der Waals surface area contributed by atoms with Crippen LogP contribution in [0, 0.1) is 10.8 Å². The zero-order chi connectivity index (χ0) is 33.2. The average molecular weight is 597 g/mol. The van der Waals surface area contributed by atoms with Crippen LogP contribution in [0.1, 0.15) is 82.1 Å². The van der Waals surface area contributed by atoms with E-state index in [1.165, 1.54) is 0 Å². The first-order valence-electron chi connectivity index (χ1n) is 15.4. The molecular weight excluding hydrogens is 544 g/mol. The molecule has 0 bridgehead atoms. The van der Waals surface area contributed by atoms with E-state index in [4.69, 9.17) is 0 Å². The molecular formula is C40H52O4. The van der Waals surface area contributed by atoms with Crippen molar-refractivity contribution in [1.82, 2.24) is 0 Å². The second kappa shape index (κ2) is 15.9. The van der Waals surface area contributed by atoms with Crippen molar-refractivity contribution in [3.8, 4) is 0 Å². The van der Waals surface area contributed by atoms with Crippen LogP contribution >= 0.6 is 0 Å². The third-order valence-corrected chi connectivity index (χ3v) is 8.31. The number of aliphatic hydroxyl groups excluding tert-OH is 2. The maximum Gasteiger partial charge on any atom is 0.187 e. The van der Waals surface area contributed by atoms with Crippen LogP contribution in [-0.2, 0) is 9.59 Å². The molecule has 0 aromatic carbocycles. The summed E-state index contributed by atoms with van der Waals surface area (Å²) in [7, 11) is 0. The number of aliphatic hydroxyl groups is 2. The van der Waals surface area contributed by atoms with Crippen molar-refractivity contribution in [2.45, 2.75) is 94.3 Å². The molecule has 4 nitrogen and oxygen atoms in total. The zero-order valence-corrected chi connectivity index (χ0v) is 28.4. The van der Waals surface area contributed by atoms with Gasteiger partial charge in [0.15, 0.2) is 11.6 Å². The summed E-state index contributed by atoms with van der Waals surface area (Å²) in [5, 5.41) is 20.0. The van der Waals surface area contributed by atoms with Gasteiger partial charge in [-0.05, 0) is 87.5 Å². The van der Waals surface area contributed by atoms with Gasteiger partial charge < -0.3 is 10.2 Å². The number of hydrogen-bond donors (Lipinski definition) is 2. The van der Waals surface area contributed by atoms with Crippen LogP contribution < -0.4 is 0 Å². The number of hydrogen-bond acceptors (Lipinski definition) is 4. The van der Waals surface area contributed by atoms with Crippen LogP contribution in [0.2, 0.25) is 0 Å². The Bertz CT molecular complexity index is 1340. The largest absolute Gasteiger partial charge is 0.385 e. The maximum atomic E-state index is 12.2. The molecule has 0 spiro atoms. The van der Waals surface area contributed by atoms with E-state index in [0.29, 0.717) is 24.0 Å². The van der Waals surface area contributed by atoms with Crippen molar-refractivity contribution in [3.63, 3.8) is 0 Å². The molecule has 0 aromatic rings. The van der Waals surface area contributed by atoms with E-state index in [2.05, 4.69) is 65.8 Å². The van der Waals surface area contributed by atoms with Gasteiger partial charge >= 0.3 is 0 Å². The second-order valence-electron chi connectivity index (χ2n) is 13.4. The van der Waals surface area contributed by atoms with Crippen LogP contribution in [-0.4, -0.2) is 34.0 Å². The molecule has 0 aliphatic heterocycles. The van der Waals surface area contributed by atoms with Crippen molar-refractivity contribution in [1.29, 1.82) is 0 Å². The van der Waals surface area contributed by atoms with E-state index in [-0.39, 0.29) is 22.4 Å². The highest BCUT2D eigenvalue weighted by atomic mass is 16.3. The number of rotatable bonds is 10. The van der Waals surface area contributed by atoms with Gasteiger partial charge in [0.2, 0.25) is 0 Å². The molecule has 2 aliphatic carbocycles. The Morgan fingerprint density at radius 1 is 0.568 bits per heavy atom. The predicted octanol–water partition coefficient (Wildman–Crippen LogP) is 8.91. The van der Waals surface area contributed by atoms with Crippen molar-refractivity contribution in [2.24, 2.45) is 10.8 Å². The van der Waals surface area contributed by atoms with E-state index in [1.54, 1.807) is 13.8 Å². The molecule has 2 unspecified atom stereocenters. The van der Waals surface area contributed by atoms with E-state index < -0.39 is 12.2 Å². The lowest BCUT2D eigenvalue weighted by Crippen LogP contribution is -2.35. The Balaban J connectivity index is 1.95. The highest BCUT2D eigenvalue weighted by Crippen LogP contribution is 2.40. The third-order valence-electron chi connectivity index (χ3n) is 8.31. The van der Waals surface area contributed by atoms with Gasteiger partial charge in [-0.25, -0.2) is 0 Å². The molecule has 0 aromatic heterocycles. The number of carbonyl (C=O) groups excluding carboxylic acids is 2. The number of carbonyl (C=O) groups is 2. The third kappa shape index (κ3) is 10.5. The molecule has 0 saturated heterocycles. The molecule has 0 radical (unpaired) electrons. The summed E-state index contributed by atoms with van der Waals surface area (Å²) in [6.45, 7) is 20.0. The molecule has 0 amide bonds. The van der Waals surface area contributed by atoms with E-state index in [0.717, 1.165) is 33.4 Å². The van der Waals surface area contributed by atoms with Crippen LogP contribution in [0.5, 0.6) is 0 Å². The molecule has 0 fully saturated rings. The van der Waals surface area contributed by atoms with Crippen LogP contribution in [0.4, 0.5) is 0 Å². The van der Waals surface area contributed by atoms with Crippen molar-refractivity contribution in [3.05, 3.63) is 130 Å². The predicted molar refractivity (Wildman–Crippen MR) is 185 cm³/mol. The Morgan fingerprint density at radius 3 is 1.20 bits per heavy atom. The minimum Gasteiger partial charge on any atom is -0.385 e. The van der Waals surface area contributed by atoms with Gasteiger partial charge in [-0.1, -0.05) is 135 Å². The summed E-state index contributed by atoms with van der Waals surface area (Å²) in [4.78, 5) is 24.5. The molecule has 44 heavy (non-hydrogen) atoms. The van der Waals surface area contributed by atoms with Gasteiger partial charge in [0.1, 0.15) is 12.2 Å². The SMILES string of the molecule is CC(C=C/C=C(C)/C=C/C1=C(C)C(=O)C(O)CC1(C)C)=C/C=C/C=C(\C)C=CC=C(C)/C=C/C1=C(C)C(=O)C(O)CC1(C)C. The summed E-state index contributed by atoms with van der Waals surface area (Å²) in [5.41, 5.74) is 7.16. The highest BCUT2D eigenvalue weighted by Gasteiger charge is 2.37. The second-order valence-corrected chi connectivity index (χ2v) is 13.4. The van der Waals surface area contributed by atoms with Crippen LogP contribution in [0.15, 0.2) is 130 Å². The summed E-state index contributed by atoms with van der Waals surface area (Å²) in [6, 6.07) is 0. The van der Waals surface area contributed by atoms with Gasteiger partial charge in [-0.3, -0.25) is 9.59 Å². The molecule has 2 aliphatic rings. The lowest BCUT2D eigenvalue weighted by atomic mass is 9.71. The molecule has 0 saturated carbocycles. The van der Waals surface area contributed by atoms with Crippen molar-refractivity contribution in [2.75, 3.05) is 0 Å². The van der Waals surface area contributed by atoms with Crippen LogP contribution in [0.25, 0.3) is 0 Å². The van der Waals surface area contributed by atoms with E-state index in [1.807, 2.05) is 74.6 Å². The lowest BCUT2D eigenvalue weighted by Gasteiger charge is -2.34. The van der Waals surface area contributed by atoms with Gasteiger partial charge in [-0.15, -0.1) is 0 Å². The quantitative estimate of drug-likeness (QED) is 0.247. The molecule has 4 heteroatoms. The van der Waals surface area contributed by atoms with Crippen molar-refractivity contribution >= 4 is 11.6 Å².